The summed E-state index contributed by atoms with van der Waals surface area (Å²) in [5, 5.41) is 82.2. The molecular weight excluding hydrogens is 1680 g/mol. The van der Waals surface area contributed by atoms with Gasteiger partial charge in [0.2, 0.25) is 82.7 Å². The maximum atomic E-state index is 15.0. The molecule has 3 aromatic rings. The number of carbonyl (C=O) groups excluding carboxylic acids is 15. The van der Waals surface area contributed by atoms with Gasteiger partial charge in [0.05, 0.1) is 25.0 Å². The summed E-state index contributed by atoms with van der Waals surface area (Å²) in [6.45, 7) is 14.5. The van der Waals surface area contributed by atoms with Crippen molar-refractivity contribution in [2.45, 2.75) is 275 Å². The Balaban J connectivity index is 1.32. The van der Waals surface area contributed by atoms with Gasteiger partial charge in [0.15, 0.2) is 17.7 Å². The van der Waals surface area contributed by atoms with Gasteiger partial charge >= 0.3 is 5.97 Å². The lowest BCUT2D eigenvalue weighted by Crippen LogP contribution is -2.61. The lowest BCUT2D eigenvalue weighted by molar-refractivity contribution is -0.145. The van der Waals surface area contributed by atoms with Crippen LogP contribution in [-0.4, -0.2) is 271 Å². The van der Waals surface area contributed by atoms with Crippen LogP contribution < -0.4 is 103 Å². The van der Waals surface area contributed by atoms with Gasteiger partial charge in [-0.05, 0) is 170 Å². The van der Waals surface area contributed by atoms with Gasteiger partial charge < -0.3 is 133 Å². The van der Waals surface area contributed by atoms with E-state index in [4.69, 9.17) is 39.5 Å². The first kappa shape index (κ1) is 107. The van der Waals surface area contributed by atoms with Crippen LogP contribution >= 0.6 is 0 Å². The van der Waals surface area contributed by atoms with Crippen molar-refractivity contribution in [3.8, 4) is 11.5 Å². The third kappa shape index (κ3) is 35.5. The van der Waals surface area contributed by atoms with Crippen LogP contribution in [0.2, 0.25) is 0 Å². The van der Waals surface area contributed by atoms with Crippen LogP contribution in [0.3, 0.4) is 0 Å². The highest BCUT2D eigenvalue weighted by Crippen LogP contribution is 2.26. The van der Waals surface area contributed by atoms with E-state index in [2.05, 4.69) is 84.4 Å². The molecular formula is C85H135N25O19. The molecule has 0 unspecified atom stereocenters. The van der Waals surface area contributed by atoms with Gasteiger partial charge in [0.1, 0.15) is 90.0 Å². The van der Waals surface area contributed by atoms with E-state index >= 15 is 4.79 Å². The number of likely N-dealkylation sites (tertiary alicyclic amines) is 2. The number of carboxylic acids is 1. The molecule has 17 atom stereocenters. The molecule has 0 spiro atoms. The van der Waals surface area contributed by atoms with Crippen molar-refractivity contribution in [1.29, 1.82) is 10.8 Å². The Labute approximate surface area is 750 Å². The van der Waals surface area contributed by atoms with Crippen molar-refractivity contribution >= 4 is 106 Å². The van der Waals surface area contributed by atoms with E-state index in [9.17, 15) is 87.2 Å². The van der Waals surface area contributed by atoms with E-state index in [1.165, 1.54) is 79.5 Å². The molecule has 0 saturated carbocycles. The van der Waals surface area contributed by atoms with Gasteiger partial charge in [0.25, 0.3) is 0 Å². The second-order valence-electron chi connectivity index (χ2n) is 33.4. The number of hydrogen-bond donors (Lipinski definition) is 25. The van der Waals surface area contributed by atoms with Crippen molar-refractivity contribution < 1.29 is 92.0 Å². The summed E-state index contributed by atoms with van der Waals surface area (Å²) in [6.07, 6.45) is 3.41. The third-order valence-corrected chi connectivity index (χ3v) is 22.5. The van der Waals surface area contributed by atoms with E-state index in [0.29, 0.717) is 42.5 Å². The minimum absolute atomic E-state index is 0.0301. The number of amides is 14. The highest BCUT2D eigenvalue weighted by molar-refractivity contribution is 6.01. The second kappa shape index (κ2) is 53.9. The molecule has 1 aromatic heterocycles. The van der Waals surface area contributed by atoms with Crippen LogP contribution in [0.5, 0.6) is 11.5 Å². The van der Waals surface area contributed by atoms with Gasteiger partial charge in [-0.1, -0.05) is 78.6 Å². The maximum absolute atomic E-state index is 15.0. The number of unbranched alkanes of at least 4 members (excludes halogenated alkanes) is 1. The van der Waals surface area contributed by atoms with Crippen LogP contribution in [-0.2, 0) is 96.0 Å². The fraction of sp³-hybridized carbons (Fsp3) is 0.612. The first-order valence-corrected chi connectivity index (χ1v) is 43.9. The lowest BCUT2D eigenvalue weighted by Gasteiger charge is -2.33. The van der Waals surface area contributed by atoms with Crippen molar-refractivity contribution in [1.82, 2.24) is 94.2 Å². The van der Waals surface area contributed by atoms with Crippen molar-refractivity contribution in [2.24, 2.45) is 46.4 Å². The lowest BCUT2D eigenvalue weighted by atomic mass is 9.96. The van der Waals surface area contributed by atoms with Crippen LogP contribution in [0, 0.1) is 28.6 Å². The number of nitrogens with zero attached hydrogens (tertiary/aromatic N) is 3. The van der Waals surface area contributed by atoms with Crippen LogP contribution in [0.4, 0.5) is 0 Å². The quantitative estimate of drug-likeness (QED) is 0.0146. The largest absolute Gasteiger partial charge is 0.508 e. The molecule has 2 aliphatic heterocycles. The number of H-pyrrole nitrogens is 1. The third-order valence-electron chi connectivity index (χ3n) is 22.5. The molecule has 3 heterocycles. The molecule has 14 amide bonds. The zero-order chi connectivity index (χ0) is 95.9. The van der Waals surface area contributed by atoms with Crippen molar-refractivity contribution in [3.05, 3.63) is 77.9 Å². The topological polar surface area (TPSA) is 715 Å². The van der Waals surface area contributed by atoms with Gasteiger partial charge in [-0.2, -0.15) is 0 Å². The van der Waals surface area contributed by atoms with Crippen LogP contribution in [0.15, 0.2) is 61.1 Å². The smallest absolute Gasteiger partial charge is 0.303 e. The number of phenolic OH excluding ortho intramolecular Hbond substituents is 2. The Bertz CT molecular complexity index is 4290. The number of carboxylic acid groups (broad SMARTS) is 1. The van der Waals surface area contributed by atoms with Gasteiger partial charge in [-0.15, -0.1) is 0 Å². The number of carbonyl (C=O) groups is 16. The fourth-order valence-corrected chi connectivity index (χ4v) is 14.6. The molecule has 714 valence electrons. The summed E-state index contributed by atoms with van der Waals surface area (Å²) in [7, 11) is 0. The number of phenols is 2. The molecule has 2 aromatic carbocycles. The number of imidazole rings is 1. The summed E-state index contributed by atoms with van der Waals surface area (Å²) in [6, 6.07) is -8.19. The molecule has 2 aliphatic rings. The van der Waals surface area contributed by atoms with E-state index < -0.39 is 222 Å². The predicted molar refractivity (Wildman–Crippen MR) is 474 cm³/mol. The number of ketones is 1. The highest BCUT2D eigenvalue weighted by Gasteiger charge is 2.44. The minimum atomic E-state index is -1.57. The number of hydrogen-bond acceptors (Lipinski definition) is 24. The molecule has 129 heavy (non-hydrogen) atoms. The summed E-state index contributed by atoms with van der Waals surface area (Å²) >= 11 is 0. The van der Waals surface area contributed by atoms with Crippen molar-refractivity contribution in [2.75, 3.05) is 39.3 Å². The van der Waals surface area contributed by atoms with E-state index in [1.807, 2.05) is 0 Å². The Morgan fingerprint density at radius 1 is 0.473 bits per heavy atom. The SMILES string of the molecule is CC[C@H](C)[C@H](NC(=O)[C@H](Cc1ccc(O)cc1)NC(=O)[C@H](C)N)C(=O)N[C@@H](C)C(=O)N[C@@H](CCCNC(=N)N)C(=O)N1CCC[C@H]1C(=O)N[C@@H](CC(C)C)C(=O)N1CCC[C@H]1C(=O)N[C@@H](CCCNC(=N)N)C(=O)N[C@@H](C)C(=O)N[C@@H](Cc1cnc[nH]1)C(=O)N[C@H](C(=O)N[C@@H](CCCCN)C(=O)N[C@@H](CCC(=O)O)C(=O)N[C@@H](Cc1ccc(O)cc1)C(=O)CN)[C@@H](C)CC. The minimum Gasteiger partial charge on any atom is -0.508 e. The Hall–Kier alpha value is -12.6. The predicted octanol–water partition coefficient (Wildman–Crippen LogP) is -3.78. The van der Waals surface area contributed by atoms with Crippen molar-refractivity contribution in [3.63, 3.8) is 0 Å². The monoisotopic (exact) mass is 1810 g/mol. The zero-order valence-corrected chi connectivity index (χ0v) is 74.9. The zero-order valence-electron chi connectivity index (χ0n) is 74.9. The van der Waals surface area contributed by atoms with Gasteiger partial charge in [0, 0.05) is 57.3 Å². The maximum Gasteiger partial charge on any atom is 0.303 e. The molecule has 5 rings (SSSR count). The van der Waals surface area contributed by atoms with E-state index in [1.54, 1.807) is 53.7 Å². The van der Waals surface area contributed by atoms with Crippen LogP contribution in [0.1, 0.15) is 182 Å². The fourth-order valence-electron chi connectivity index (χ4n) is 14.6. The summed E-state index contributed by atoms with van der Waals surface area (Å²) in [5.74, 6) is -15.5. The average molecular weight is 1810 g/mol. The number of guanidine groups is 2. The normalized spacial score (nSPS) is 17.1. The summed E-state index contributed by atoms with van der Waals surface area (Å²) in [4.78, 5) is 236. The first-order valence-electron chi connectivity index (χ1n) is 43.9. The number of aromatic nitrogens is 2. The summed E-state index contributed by atoms with van der Waals surface area (Å²) in [5.41, 5.74) is 29.9. The average Bonchev–Trinajstić information content (AvgIpc) is 1.68. The van der Waals surface area contributed by atoms with Gasteiger partial charge in [-0.3, -0.25) is 87.5 Å². The molecule has 30 N–H and O–H groups in total. The number of benzene rings is 2. The molecule has 2 saturated heterocycles. The Kier molecular flexibility index (Phi) is 44.7. The van der Waals surface area contributed by atoms with E-state index in [-0.39, 0.29) is 140 Å². The number of aromatic hydroxyl groups is 2. The number of aliphatic carboxylic acids is 1. The molecule has 0 bridgehead atoms. The molecule has 0 radical (unpaired) electrons. The molecule has 2 fully saturated rings. The van der Waals surface area contributed by atoms with Crippen LogP contribution in [0.25, 0.3) is 0 Å². The molecule has 44 heteroatoms. The Morgan fingerprint density at radius 3 is 1.33 bits per heavy atom. The molecule has 0 aliphatic carbocycles. The molecule has 44 nitrogen and oxygen atoms in total. The highest BCUT2D eigenvalue weighted by atomic mass is 16.4. The first-order chi connectivity index (χ1) is 61.1. The number of nitrogens with two attached hydrogens (primary N) is 5. The number of aromatic amines is 1. The standard InChI is InChI=1S/C85H135N25O19/c1-10-46(5)68(107-76(122)61(104-70(116)48(7)88)40-52-25-29-55(112)30-26-52)80(126)98-50(9)71(117)102-59(20-15-35-95-85(91)92)82(128)109-36-16-22-65(109)79(125)106-63(38-45(3)4)83(129)110-37-17-21-64(110)78(124)100-57(19-14-34-94-84(89)90)73(119)97-49(8)72(118)105-62(41-53-43-93-44-96-53)77(123)108-69(47(6)11-2)81(127)101-56(18-12-13-33-86)74(120)99-58(31-32-67(114)115)75(121)103-60(66(113)42-87)39-51-23-27-54(111)28-24-51/h23-30,43-50,56-65,68-69,111-112H,10-22,31-42,86-88H2,1-9H3,(H,93,96)(H,97,119)(H,98,126)(H,99,120)(H,100,124)(H,101,127)(H,102,117)(H,103,121)(H,104,116)(H,105,118)(H,106,125)(H,107,122)(H,108,123)(H,114,115)(H4,89,90,94)(H4,91,92,95)/t46-,47-,48-,49-,50-,56-,57-,58-,59-,60-,61-,62-,63-,64-,65-,68-,69-/m0/s1. The number of Topliss-reactive ketones (excluding diaryl/α,β-unsaturated/α-hetero) is 1. The number of nitrogens with one attached hydrogen (secondary N) is 17. The van der Waals surface area contributed by atoms with E-state index in [0.717, 1.165) is 0 Å². The summed E-state index contributed by atoms with van der Waals surface area (Å²) < 4.78 is 0. The second-order valence-corrected chi connectivity index (χ2v) is 33.4. The number of rotatable bonds is 55. The van der Waals surface area contributed by atoms with Gasteiger partial charge in [-0.25, -0.2) is 4.98 Å². The Morgan fingerprint density at radius 2 is 0.868 bits per heavy atom.